The van der Waals surface area contributed by atoms with Crippen LogP contribution in [0.15, 0.2) is 30.3 Å². The molecule has 1 unspecified atom stereocenters. The Morgan fingerprint density at radius 1 is 0.900 bits per heavy atom. The van der Waals surface area contributed by atoms with Crippen LogP contribution in [0.1, 0.15) is 66.4 Å². The van der Waals surface area contributed by atoms with Crippen molar-refractivity contribution < 1.29 is 23.9 Å². The van der Waals surface area contributed by atoms with Gasteiger partial charge in [0.05, 0.1) is 6.42 Å². The molecule has 1 atom stereocenters. The van der Waals surface area contributed by atoms with Gasteiger partial charge < -0.3 is 20.1 Å². The van der Waals surface area contributed by atoms with Crippen LogP contribution in [-0.4, -0.2) is 35.7 Å². The van der Waals surface area contributed by atoms with Crippen LogP contribution in [0.5, 0.6) is 0 Å². The molecule has 1 aromatic rings. The number of carbonyl (C=O) groups excluding carboxylic acids is 3. The second kappa shape index (κ2) is 11.6. The highest BCUT2D eigenvalue weighted by Crippen LogP contribution is 2.17. The Kier molecular flexibility index (Phi) is 9.82. The van der Waals surface area contributed by atoms with Crippen molar-refractivity contribution in [3.8, 4) is 0 Å². The maximum atomic E-state index is 12.7. The van der Waals surface area contributed by atoms with Gasteiger partial charge in [-0.15, -0.1) is 0 Å². The van der Waals surface area contributed by atoms with Crippen molar-refractivity contribution in [2.24, 2.45) is 5.92 Å². The fourth-order valence-electron chi connectivity index (χ4n) is 2.69. The molecule has 0 aliphatic carbocycles. The number of benzene rings is 1. The summed E-state index contributed by atoms with van der Waals surface area (Å²) in [6, 6.07) is 9.57. The number of nitrogens with one attached hydrogen (secondary N) is 2. The molecule has 2 amide bonds. The zero-order valence-electron chi connectivity index (χ0n) is 19.0. The highest BCUT2D eigenvalue weighted by molar-refractivity contribution is 5.83. The molecule has 7 nitrogen and oxygen atoms in total. The van der Waals surface area contributed by atoms with Gasteiger partial charge in [-0.2, -0.15) is 0 Å². The smallest absolute Gasteiger partial charge is 0.407 e. The van der Waals surface area contributed by atoms with Crippen molar-refractivity contribution in [3.63, 3.8) is 0 Å². The van der Waals surface area contributed by atoms with Crippen LogP contribution in [0.2, 0.25) is 0 Å². The second-order valence-electron chi connectivity index (χ2n) is 9.26. The third-order valence-electron chi connectivity index (χ3n) is 3.91. The predicted octanol–water partition coefficient (Wildman–Crippen LogP) is 3.96. The molecule has 0 heterocycles. The number of hydrogen-bond donors (Lipinski definition) is 2. The molecular formula is C23H36N2O5. The summed E-state index contributed by atoms with van der Waals surface area (Å²) >= 11 is 0. The van der Waals surface area contributed by atoms with E-state index in [9.17, 15) is 14.4 Å². The van der Waals surface area contributed by atoms with Crippen LogP contribution < -0.4 is 10.6 Å². The summed E-state index contributed by atoms with van der Waals surface area (Å²) in [6.07, 6.45) is 0.463. The first-order valence-electron chi connectivity index (χ1n) is 10.4. The van der Waals surface area contributed by atoms with Crippen molar-refractivity contribution >= 4 is 18.0 Å². The van der Waals surface area contributed by atoms with Crippen molar-refractivity contribution in [2.75, 3.05) is 6.54 Å². The number of esters is 1. The Balaban J connectivity index is 2.59. The summed E-state index contributed by atoms with van der Waals surface area (Å²) in [5, 5.41) is 5.56. The van der Waals surface area contributed by atoms with Gasteiger partial charge in [0.25, 0.3) is 0 Å². The van der Waals surface area contributed by atoms with Crippen LogP contribution in [0.25, 0.3) is 0 Å². The van der Waals surface area contributed by atoms with Crippen LogP contribution >= 0.6 is 0 Å². The van der Waals surface area contributed by atoms with E-state index in [0.717, 1.165) is 5.56 Å². The van der Waals surface area contributed by atoms with Crippen LogP contribution in [0.3, 0.4) is 0 Å². The lowest BCUT2D eigenvalue weighted by atomic mass is 9.98. The highest BCUT2D eigenvalue weighted by Gasteiger charge is 2.25. The lowest BCUT2D eigenvalue weighted by molar-refractivity contribution is -0.157. The Hall–Kier alpha value is -2.57. The third-order valence-corrected chi connectivity index (χ3v) is 3.91. The summed E-state index contributed by atoms with van der Waals surface area (Å²) in [7, 11) is 0. The zero-order chi connectivity index (χ0) is 22.8. The molecular weight excluding hydrogens is 384 g/mol. The van der Waals surface area contributed by atoms with E-state index in [1.54, 1.807) is 41.5 Å². The van der Waals surface area contributed by atoms with Gasteiger partial charge in [-0.05, 0) is 59.9 Å². The van der Waals surface area contributed by atoms with Gasteiger partial charge in [0, 0.05) is 19.0 Å². The minimum absolute atomic E-state index is 0.00959. The molecule has 0 saturated carbocycles. The van der Waals surface area contributed by atoms with Crippen LogP contribution in [0, 0.1) is 5.92 Å². The Bertz CT molecular complexity index is 690. The average Bonchev–Trinajstić information content (AvgIpc) is 2.60. The molecule has 1 aromatic carbocycles. The first-order chi connectivity index (χ1) is 13.9. The molecule has 1 rings (SSSR count). The van der Waals surface area contributed by atoms with E-state index in [0.29, 0.717) is 25.9 Å². The van der Waals surface area contributed by atoms with Gasteiger partial charge in [-0.1, -0.05) is 30.3 Å². The molecule has 0 aliphatic rings. The third kappa shape index (κ3) is 12.1. The predicted molar refractivity (Wildman–Crippen MR) is 116 cm³/mol. The fraction of sp³-hybridized carbons (Fsp3) is 0.609. The number of carbonyl (C=O) groups is 3. The summed E-state index contributed by atoms with van der Waals surface area (Å²) in [5.41, 5.74) is -0.199. The van der Waals surface area contributed by atoms with Gasteiger partial charge >= 0.3 is 12.1 Å². The standard InChI is InChI=1S/C23H36N2O5/c1-22(2,3)29-19(26)15-18(13-10-14-24-21(28)30-23(4,5)6)20(27)25-16-17-11-8-7-9-12-17/h7-9,11-12,18H,10,13-16H2,1-6H3,(H,24,28)(H,25,27). The van der Waals surface area contributed by atoms with Crippen molar-refractivity contribution in [2.45, 2.75) is 78.6 Å². The number of hydrogen-bond acceptors (Lipinski definition) is 5. The van der Waals surface area contributed by atoms with Gasteiger partial charge in [0.15, 0.2) is 0 Å². The van der Waals surface area contributed by atoms with Gasteiger partial charge in [0.1, 0.15) is 11.2 Å². The van der Waals surface area contributed by atoms with E-state index in [4.69, 9.17) is 9.47 Å². The second-order valence-corrected chi connectivity index (χ2v) is 9.26. The minimum Gasteiger partial charge on any atom is -0.460 e. The Morgan fingerprint density at radius 3 is 2.07 bits per heavy atom. The molecule has 0 spiro atoms. The van der Waals surface area contributed by atoms with Gasteiger partial charge in [-0.3, -0.25) is 9.59 Å². The lowest BCUT2D eigenvalue weighted by Gasteiger charge is -2.22. The summed E-state index contributed by atoms with van der Waals surface area (Å²) in [5.74, 6) is -1.16. The molecule has 168 valence electrons. The molecule has 0 radical (unpaired) electrons. The van der Waals surface area contributed by atoms with Gasteiger partial charge in [0.2, 0.25) is 5.91 Å². The van der Waals surface area contributed by atoms with Crippen molar-refractivity contribution in [3.05, 3.63) is 35.9 Å². The van der Waals surface area contributed by atoms with E-state index in [2.05, 4.69) is 10.6 Å². The maximum Gasteiger partial charge on any atom is 0.407 e. The monoisotopic (exact) mass is 420 g/mol. The first-order valence-corrected chi connectivity index (χ1v) is 10.4. The van der Waals surface area contributed by atoms with E-state index in [1.165, 1.54) is 0 Å². The quantitative estimate of drug-likeness (QED) is 0.466. The molecule has 30 heavy (non-hydrogen) atoms. The maximum absolute atomic E-state index is 12.7. The summed E-state index contributed by atoms with van der Waals surface area (Å²) < 4.78 is 10.6. The van der Waals surface area contributed by atoms with E-state index >= 15 is 0 Å². The topological polar surface area (TPSA) is 93.7 Å². The van der Waals surface area contributed by atoms with Gasteiger partial charge in [-0.25, -0.2) is 4.79 Å². The SMILES string of the molecule is CC(C)(C)OC(=O)CC(CCCNC(=O)OC(C)(C)C)C(=O)NCc1ccccc1. The largest absolute Gasteiger partial charge is 0.460 e. The first kappa shape index (κ1) is 25.5. The molecule has 0 fully saturated rings. The summed E-state index contributed by atoms with van der Waals surface area (Å²) in [4.78, 5) is 36.7. The molecule has 0 bridgehead atoms. The number of ether oxygens (including phenoxy) is 2. The van der Waals surface area contributed by atoms with Crippen molar-refractivity contribution in [1.29, 1.82) is 0 Å². The molecule has 0 aromatic heterocycles. The number of amides is 2. The normalized spacial score (nSPS) is 12.6. The van der Waals surface area contributed by atoms with Crippen molar-refractivity contribution in [1.82, 2.24) is 10.6 Å². The van der Waals surface area contributed by atoms with Crippen LogP contribution in [-0.2, 0) is 25.6 Å². The number of alkyl carbamates (subject to hydrolysis) is 1. The molecule has 2 N–H and O–H groups in total. The summed E-state index contributed by atoms with van der Waals surface area (Å²) in [6.45, 7) is 11.5. The van der Waals surface area contributed by atoms with E-state index < -0.39 is 29.2 Å². The fourth-order valence-corrected chi connectivity index (χ4v) is 2.69. The Morgan fingerprint density at radius 2 is 1.50 bits per heavy atom. The minimum atomic E-state index is -0.611. The van der Waals surface area contributed by atoms with Crippen LogP contribution in [0.4, 0.5) is 4.79 Å². The lowest BCUT2D eigenvalue weighted by Crippen LogP contribution is -2.35. The number of rotatable bonds is 9. The molecule has 0 aliphatic heterocycles. The average molecular weight is 421 g/mol. The van der Waals surface area contributed by atoms with E-state index in [1.807, 2.05) is 30.3 Å². The zero-order valence-corrected chi connectivity index (χ0v) is 19.0. The highest BCUT2D eigenvalue weighted by atomic mass is 16.6. The Labute approximate surface area is 179 Å². The van der Waals surface area contributed by atoms with E-state index in [-0.39, 0.29) is 12.3 Å². The molecule has 7 heteroatoms. The molecule has 0 saturated heterocycles.